The van der Waals surface area contributed by atoms with Crippen LogP contribution in [0.2, 0.25) is 5.02 Å². The number of carboxylic acids is 1. The Morgan fingerprint density at radius 3 is 2.75 bits per heavy atom. The Morgan fingerprint density at radius 2 is 2.07 bits per heavy atom. The van der Waals surface area contributed by atoms with E-state index in [9.17, 15) is 14.7 Å². The highest BCUT2D eigenvalue weighted by Crippen LogP contribution is 2.35. The maximum atomic E-state index is 12.6. The van der Waals surface area contributed by atoms with Gasteiger partial charge in [-0.15, -0.1) is 0 Å². The largest absolute Gasteiger partial charge is 0.496 e. The van der Waals surface area contributed by atoms with Gasteiger partial charge in [-0.25, -0.2) is 9.79 Å². The average molecular weight is 482 g/mol. The van der Waals surface area contributed by atoms with Crippen molar-refractivity contribution in [1.82, 2.24) is 4.90 Å². The molecule has 2 aromatic carbocycles. The molecule has 0 radical (unpaired) electrons. The van der Waals surface area contributed by atoms with Gasteiger partial charge in [0.1, 0.15) is 5.75 Å². The Balaban J connectivity index is 1.96. The highest BCUT2D eigenvalue weighted by molar-refractivity contribution is 9.10. The summed E-state index contributed by atoms with van der Waals surface area (Å²) in [7, 11) is 3.18. The third-order valence-corrected chi connectivity index (χ3v) is 5.77. The van der Waals surface area contributed by atoms with E-state index in [1.807, 2.05) is 12.1 Å². The fourth-order valence-corrected chi connectivity index (χ4v) is 4.02. The van der Waals surface area contributed by atoms with Crippen LogP contribution in [0.4, 0.5) is 5.69 Å². The molecule has 28 heavy (non-hydrogen) atoms. The summed E-state index contributed by atoms with van der Waals surface area (Å²) in [5.41, 5.74) is 1.10. The van der Waals surface area contributed by atoms with Crippen LogP contribution in [-0.2, 0) is 4.79 Å². The quantitative estimate of drug-likeness (QED) is 0.619. The van der Waals surface area contributed by atoms with Crippen LogP contribution < -0.4 is 4.74 Å². The van der Waals surface area contributed by atoms with Gasteiger partial charge in [-0.3, -0.25) is 9.69 Å². The van der Waals surface area contributed by atoms with Crippen LogP contribution in [-0.4, -0.2) is 41.2 Å². The summed E-state index contributed by atoms with van der Waals surface area (Å²) in [6.45, 7) is 0. The van der Waals surface area contributed by atoms with Crippen molar-refractivity contribution >= 4 is 68.1 Å². The Morgan fingerprint density at radius 1 is 1.32 bits per heavy atom. The standard InChI is InChI=1S/C19H14BrClN2O4S/c1-23-17(24)16(8-10-7-11(20)3-6-15(10)27-2)28-19(23)22-12-4-5-14(21)13(9-12)18(25)26/h3-9H,1-2H3,(H,25,26)/b16-8-,22-19?. The first-order valence-corrected chi connectivity index (χ1v) is 9.91. The van der Waals surface area contributed by atoms with Gasteiger partial charge < -0.3 is 9.84 Å². The molecule has 2 aromatic rings. The van der Waals surface area contributed by atoms with Crippen LogP contribution in [0.3, 0.4) is 0 Å². The molecule has 1 N–H and O–H groups in total. The minimum atomic E-state index is -1.14. The summed E-state index contributed by atoms with van der Waals surface area (Å²) in [6, 6.07) is 9.95. The SMILES string of the molecule is COc1ccc(Br)cc1/C=C1\SC(=Nc2ccc(Cl)c(C(=O)O)c2)N(C)C1=O. The van der Waals surface area contributed by atoms with Gasteiger partial charge in [-0.1, -0.05) is 27.5 Å². The number of amides is 1. The highest BCUT2D eigenvalue weighted by Gasteiger charge is 2.30. The number of benzene rings is 2. The van der Waals surface area contributed by atoms with E-state index < -0.39 is 5.97 Å². The minimum absolute atomic E-state index is 0.0462. The minimum Gasteiger partial charge on any atom is -0.496 e. The molecule has 144 valence electrons. The number of amidine groups is 1. The van der Waals surface area contributed by atoms with Crippen LogP contribution in [0, 0.1) is 0 Å². The van der Waals surface area contributed by atoms with Gasteiger partial charge in [0.25, 0.3) is 5.91 Å². The molecular formula is C19H14BrClN2O4S. The molecule has 1 heterocycles. The van der Waals surface area contributed by atoms with Gasteiger partial charge in [0.15, 0.2) is 5.17 Å². The van der Waals surface area contributed by atoms with Crippen molar-refractivity contribution < 1.29 is 19.4 Å². The van der Waals surface area contributed by atoms with Crippen molar-refractivity contribution in [3.05, 3.63) is 61.9 Å². The fraction of sp³-hybridized carbons (Fsp3) is 0.105. The summed E-state index contributed by atoms with van der Waals surface area (Å²) < 4.78 is 6.21. The third kappa shape index (κ3) is 4.24. The van der Waals surface area contributed by atoms with E-state index in [0.717, 1.165) is 10.0 Å². The van der Waals surface area contributed by atoms with Crippen LogP contribution in [0.1, 0.15) is 15.9 Å². The third-order valence-electron chi connectivity index (χ3n) is 3.89. The summed E-state index contributed by atoms with van der Waals surface area (Å²) in [6.07, 6.45) is 1.74. The molecule has 0 spiro atoms. The van der Waals surface area contributed by atoms with E-state index in [4.69, 9.17) is 16.3 Å². The Kier molecular flexibility index (Phi) is 6.12. The number of likely N-dealkylation sites (N-methyl/N-ethyl adjacent to an activating group) is 1. The van der Waals surface area contributed by atoms with E-state index in [1.54, 1.807) is 32.4 Å². The van der Waals surface area contributed by atoms with Crippen LogP contribution in [0.5, 0.6) is 5.75 Å². The lowest BCUT2D eigenvalue weighted by atomic mass is 10.2. The number of nitrogens with zero attached hydrogens (tertiary/aromatic N) is 2. The molecule has 1 saturated heterocycles. The monoisotopic (exact) mass is 480 g/mol. The zero-order valence-electron chi connectivity index (χ0n) is 14.8. The summed E-state index contributed by atoms with van der Waals surface area (Å²) in [5, 5.41) is 9.76. The number of aromatic carboxylic acids is 1. The van der Waals surface area contributed by atoms with Crippen molar-refractivity contribution in [2.45, 2.75) is 0 Å². The van der Waals surface area contributed by atoms with E-state index in [-0.39, 0.29) is 16.5 Å². The normalized spacial score (nSPS) is 16.9. The van der Waals surface area contributed by atoms with Crippen molar-refractivity contribution in [2.75, 3.05) is 14.2 Å². The number of ether oxygens (including phenoxy) is 1. The van der Waals surface area contributed by atoms with Gasteiger partial charge in [0.05, 0.1) is 28.3 Å². The lowest BCUT2D eigenvalue weighted by molar-refractivity contribution is -0.121. The van der Waals surface area contributed by atoms with Crippen molar-refractivity contribution in [3.63, 3.8) is 0 Å². The number of carboxylic acid groups (broad SMARTS) is 1. The first-order chi connectivity index (χ1) is 13.3. The lowest BCUT2D eigenvalue weighted by Crippen LogP contribution is -2.23. The first-order valence-electron chi connectivity index (χ1n) is 7.93. The molecule has 3 rings (SSSR count). The maximum absolute atomic E-state index is 12.6. The number of methoxy groups -OCH3 is 1. The first kappa shape index (κ1) is 20.4. The van der Waals surface area contributed by atoms with E-state index >= 15 is 0 Å². The molecule has 0 unspecified atom stereocenters. The Labute approximate surface area is 179 Å². The zero-order chi connectivity index (χ0) is 20.4. The molecule has 1 amide bonds. The van der Waals surface area contributed by atoms with E-state index in [1.165, 1.54) is 28.8 Å². The van der Waals surface area contributed by atoms with Crippen molar-refractivity contribution in [1.29, 1.82) is 0 Å². The molecule has 9 heteroatoms. The predicted octanol–water partition coefficient (Wildman–Crippen LogP) is 5.04. The molecule has 1 fully saturated rings. The van der Waals surface area contributed by atoms with E-state index in [0.29, 0.717) is 21.5 Å². The smallest absolute Gasteiger partial charge is 0.337 e. The van der Waals surface area contributed by atoms with Gasteiger partial charge >= 0.3 is 5.97 Å². The molecule has 6 nitrogen and oxygen atoms in total. The molecule has 0 saturated carbocycles. The number of carbonyl (C=O) groups excluding carboxylic acids is 1. The van der Waals surface area contributed by atoms with Crippen molar-refractivity contribution in [2.24, 2.45) is 4.99 Å². The molecule has 0 bridgehead atoms. The number of aliphatic imine (C=N–C) groups is 1. The topological polar surface area (TPSA) is 79.2 Å². The molecule has 0 aliphatic carbocycles. The van der Waals surface area contributed by atoms with Crippen LogP contribution in [0.15, 0.2) is 50.8 Å². The number of rotatable bonds is 4. The molecule has 1 aliphatic heterocycles. The lowest BCUT2D eigenvalue weighted by Gasteiger charge is -2.08. The zero-order valence-corrected chi connectivity index (χ0v) is 17.9. The van der Waals surface area contributed by atoms with Gasteiger partial charge in [0, 0.05) is 17.1 Å². The van der Waals surface area contributed by atoms with Gasteiger partial charge in [0.2, 0.25) is 0 Å². The molecule has 1 aliphatic rings. The average Bonchev–Trinajstić information content (AvgIpc) is 2.91. The molecular weight excluding hydrogens is 468 g/mol. The summed E-state index contributed by atoms with van der Waals surface area (Å²) >= 11 is 10.5. The Bertz CT molecular complexity index is 1040. The second-order valence-electron chi connectivity index (χ2n) is 5.72. The molecule has 0 aromatic heterocycles. The molecule has 0 atom stereocenters. The van der Waals surface area contributed by atoms with Gasteiger partial charge in [-0.05, 0) is 54.2 Å². The van der Waals surface area contributed by atoms with Crippen LogP contribution >= 0.6 is 39.3 Å². The van der Waals surface area contributed by atoms with Crippen LogP contribution in [0.25, 0.3) is 6.08 Å². The second kappa shape index (κ2) is 8.38. The highest BCUT2D eigenvalue weighted by atomic mass is 79.9. The number of thioether (sulfide) groups is 1. The second-order valence-corrected chi connectivity index (χ2v) is 8.06. The summed E-state index contributed by atoms with van der Waals surface area (Å²) in [4.78, 5) is 30.2. The van der Waals surface area contributed by atoms with Crippen molar-refractivity contribution in [3.8, 4) is 5.75 Å². The number of carbonyl (C=O) groups is 2. The maximum Gasteiger partial charge on any atom is 0.337 e. The fourth-order valence-electron chi connectivity index (χ4n) is 2.47. The van der Waals surface area contributed by atoms with Gasteiger partial charge in [-0.2, -0.15) is 0 Å². The number of halogens is 2. The number of hydrogen-bond donors (Lipinski definition) is 1. The Hall–Kier alpha value is -2.29. The number of hydrogen-bond acceptors (Lipinski definition) is 5. The van der Waals surface area contributed by atoms with E-state index in [2.05, 4.69) is 20.9 Å². The predicted molar refractivity (Wildman–Crippen MR) is 115 cm³/mol. The summed E-state index contributed by atoms with van der Waals surface area (Å²) in [5.74, 6) is -0.711.